The van der Waals surface area contributed by atoms with E-state index in [2.05, 4.69) is 0 Å². The Labute approximate surface area is 170 Å². The highest BCUT2D eigenvalue weighted by atomic mass is 32.2. The Kier molecular flexibility index (Phi) is 5.10. The maximum Gasteiger partial charge on any atom is 0.303 e. The number of carbonyl (C=O) groups excluding carboxylic acids is 4. The van der Waals surface area contributed by atoms with Gasteiger partial charge in [0.1, 0.15) is 11.6 Å². The van der Waals surface area contributed by atoms with Gasteiger partial charge in [0, 0.05) is 20.4 Å². The van der Waals surface area contributed by atoms with Crippen molar-refractivity contribution in [3.05, 3.63) is 12.2 Å². The molecule has 5 atom stereocenters. The van der Waals surface area contributed by atoms with Crippen LogP contribution in [0.25, 0.3) is 0 Å². The second-order valence-electron chi connectivity index (χ2n) is 7.05. The molecule has 2 fully saturated rings. The first-order valence-corrected chi connectivity index (χ1v) is 11.0. The number of hydrogen-bond donors (Lipinski definition) is 2. The summed E-state index contributed by atoms with van der Waals surface area (Å²) in [5.74, 6) is -2.43. The summed E-state index contributed by atoms with van der Waals surface area (Å²) in [4.78, 5) is 50.3. The van der Waals surface area contributed by atoms with E-state index in [0.29, 0.717) is 0 Å². The van der Waals surface area contributed by atoms with E-state index in [4.69, 9.17) is 4.74 Å². The Morgan fingerprint density at radius 1 is 1.29 bits per heavy atom. The summed E-state index contributed by atoms with van der Waals surface area (Å²) >= 11 is 2.05. The van der Waals surface area contributed by atoms with Crippen molar-refractivity contribution in [2.75, 3.05) is 26.2 Å². The molecular formula is C17H22N2O7S2. The third-order valence-corrected chi connectivity index (χ3v) is 8.17. The second kappa shape index (κ2) is 6.75. The molecule has 154 valence electrons. The van der Waals surface area contributed by atoms with Gasteiger partial charge in [-0.15, -0.1) is 23.5 Å². The van der Waals surface area contributed by atoms with E-state index >= 15 is 0 Å². The minimum atomic E-state index is -1.74. The molecular weight excluding hydrogens is 408 g/mol. The van der Waals surface area contributed by atoms with Crippen molar-refractivity contribution in [2.45, 2.75) is 40.8 Å². The Balaban J connectivity index is 2.24. The molecule has 0 spiro atoms. The summed E-state index contributed by atoms with van der Waals surface area (Å²) in [6.45, 7) is 0.474. The molecule has 2 amide bonds. The number of ketones is 1. The van der Waals surface area contributed by atoms with Crippen LogP contribution < -0.4 is 0 Å². The van der Waals surface area contributed by atoms with Gasteiger partial charge in [0.15, 0.2) is 21.6 Å². The van der Waals surface area contributed by atoms with Gasteiger partial charge < -0.3 is 24.7 Å². The molecule has 9 nitrogen and oxygen atoms in total. The highest BCUT2D eigenvalue weighted by Gasteiger charge is 2.73. The quantitative estimate of drug-likeness (QED) is 0.539. The first-order chi connectivity index (χ1) is 13.0. The zero-order valence-electron chi connectivity index (χ0n) is 15.9. The van der Waals surface area contributed by atoms with E-state index in [1.54, 1.807) is 12.5 Å². The van der Waals surface area contributed by atoms with Gasteiger partial charge in [-0.05, 0) is 24.7 Å². The van der Waals surface area contributed by atoms with Crippen molar-refractivity contribution in [3.63, 3.8) is 0 Å². The number of carbonyl (C=O) groups is 4. The third kappa shape index (κ3) is 2.49. The van der Waals surface area contributed by atoms with E-state index in [1.807, 2.05) is 0 Å². The minimum absolute atomic E-state index is 0.168. The molecule has 0 aromatic carbocycles. The van der Waals surface area contributed by atoms with Crippen LogP contribution in [0.4, 0.5) is 0 Å². The third-order valence-electron chi connectivity index (χ3n) is 5.72. The standard InChI is InChI=1S/C17H22N2O7S2/c1-9(21)26-11-10(22)5-6-15(25)7-16(27-3)13(23)18(2)17(8-20,28-4)14(24)19(16)12(11)15/h5-6,11-12,20,25H,7-8H2,1-4H3/t11-,12+,15-,16-,17-/m1/s1. The molecule has 0 aromatic rings. The van der Waals surface area contributed by atoms with Crippen molar-refractivity contribution >= 4 is 47.1 Å². The average molecular weight is 431 g/mol. The van der Waals surface area contributed by atoms with Gasteiger partial charge in [-0.2, -0.15) is 0 Å². The second-order valence-corrected chi connectivity index (χ2v) is 9.22. The molecule has 0 unspecified atom stereocenters. The number of aliphatic hydroxyl groups excluding tert-OH is 1. The van der Waals surface area contributed by atoms with Gasteiger partial charge in [0.05, 0.1) is 6.61 Å². The van der Waals surface area contributed by atoms with E-state index in [9.17, 15) is 29.4 Å². The lowest BCUT2D eigenvalue weighted by molar-refractivity contribution is -0.175. The number of ether oxygens (including phenoxy) is 1. The number of aliphatic hydroxyl groups is 2. The Hall–Kier alpha value is -1.56. The number of amides is 2. The summed E-state index contributed by atoms with van der Waals surface area (Å²) in [5, 5.41) is 21.3. The molecule has 2 N–H and O–H groups in total. The molecule has 2 aliphatic heterocycles. The van der Waals surface area contributed by atoms with Crippen LogP contribution in [0.5, 0.6) is 0 Å². The van der Waals surface area contributed by atoms with Crippen LogP contribution >= 0.6 is 23.5 Å². The van der Waals surface area contributed by atoms with Gasteiger partial charge in [0.2, 0.25) is 0 Å². The molecule has 2 saturated heterocycles. The maximum atomic E-state index is 13.6. The fourth-order valence-corrected chi connectivity index (χ4v) is 6.14. The first kappa shape index (κ1) is 21.2. The monoisotopic (exact) mass is 430 g/mol. The summed E-state index contributed by atoms with van der Waals surface area (Å²) in [5.41, 5.74) is -1.74. The smallest absolute Gasteiger partial charge is 0.303 e. The van der Waals surface area contributed by atoms with E-state index in [-0.39, 0.29) is 6.42 Å². The molecule has 0 bridgehead atoms. The van der Waals surface area contributed by atoms with Gasteiger partial charge in [-0.25, -0.2) is 0 Å². The summed E-state index contributed by atoms with van der Waals surface area (Å²) in [6.07, 6.45) is 3.98. The van der Waals surface area contributed by atoms with Gasteiger partial charge in [-0.3, -0.25) is 19.2 Å². The largest absolute Gasteiger partial charge is 0.452 e. The van der Waals surface area contributed by atoms with Crippen LogP contribution in [0, 0.1) is 0 Å². The number of nitrogens with zero attached hydrogens (tertiary/aromatic N) is 2. The molecule has 3 rings (SSSR count). The van der Waals surface area contributed by atoms with Crippen LogP contribution in [0.15, 0.2) is 12.2 Å². The fourth-order valence-electron chi connectivity index (χ4n) is 4.30. The highest BCUT2D eigenvalue weighted by molar-refractivity contribution is 8.01. The minimum Gasteiger partial charge on any atom is -0.452 e. The Bertz CT molecular complexity index is 783. The summed E-state index contributed by atoms with van der Waals surface area (Å²) < 4.78 is 5.17. The lowest BCUT2D eigenvalue weighted by Gasteiger charge is -2.53. The lowest BCUT2D eigenvalue weighted by atomic mass is 9.83. The zero-order valence-corrected chi connectivity index (χ0v) is 17.5. The Morgan fingerprint density at radius 3 is 2.43 bits per heavy atom. The predicted octanol–water partition coefficient (Wildman–Crippen LogP) is -1.03. The van der Waals surface area contributed by atoms with E-state index in [1.165, 1.54) is 18.0 Å². The highest BCUT2D eigenvalue weighted by Crippen LogP contribution is 2.55. The summed E-state index contributed by atoms with van der Waals surface area (Å²) in [7, 11) is 1.43. The van der Waals surface area contributed by atoms with Gasteiger partial charge in [0.25, 0.3) is 11.8 Å². The number of likely N-dealkylation sites (N-methyl/N-ethyl adjacent to an activating group) is 1. The lowest BCUT2D eigenvalue weighted by Crippen LogP contribution is -2.75. The Morgan fingerprint density at radius 2 is 1.93 bits per heavy atom. The van der Waals surface area contributed by atoms with Crippen LogP contribution in [0.2, 0.25) is 0 Å². The van der Waals surface area contributed by atoms with Crippen molar-refractivity contribution in [1.82, 2.24) is 9.80 Å². The van der Waals surface area contributed by atoms with Crippen LogP contribution in [-0.2, 0) is 23.9 Å². The van der Waals surface area contributed by atoms with Gasteiger partial charge in [-0.1, -0.05) is 0 Å². The molecule has 3 aliphatic rings. The topological polar surface area (TPSA) is 124 Å². The van der Waals surface area contributed by atoms with Crippen LogP contribution in [0.1, 0.15) is 13.3 Å². The number of hydrogen-bond acceptors (Lipinski definition) is 9. The van der Waals surface area contributed by atoms with E-state index < -0.39 is 57.7 Å². The zero-order chi connectivity index (χ0) is 21.1. The van der Waals surface area contributed by atoms with Crippen LogP contribution in [-0.4, -0.2) is 97.2 Å². The first-order valence-electron chi connectivity index (χ1n) is 8.50. The molecule has 1 aliphatic carbocycles. The normalized spacial score (nSPS) is 39.9. The molecule has 0 radical (unpaired) electrons. The number of rotatable bonds is 4. The summed E-state index contributed by atoms with van der Waals surface area (Å²) in [6, 6.07) is -1.27. The number of fused-ring (bicyclic) bond motifs is 3. The maximum absolute atomic E-state index is 13.6. The van der Waals surface area contributed by atoms with Crippen molar-refractivity contribution in [1.29, 1.82) is 0 Å². The number of piperazine rings is 1. The predicted molar refractivity (Wildman–Crippen MR) is 102 cm³/mol. The van der Waals surface area contributed by atoms with Crippen molar-refractivity contribution in [2.24, 2.45) is 0 Å². The van der Waals surface area contributed by atoms with Crippen LogP contribution in [0.3, 0.4) is 0 Å². The van der Waals surface area contributed by atoms with Crippen molar-refractivity contribution in [3.8, 4) is 0 Å². The average Bonchev–Trinajstić information content (AvgIpc) is 2.94. The molecule has 0 aromatic heterocycles. The molecule has 0 saturated carbocycles. The molecule has 28 heavy (non-hydrogen) atoms. The molecule has 2 heterocycles. The SMILES string of the molecule is CS[C@]1(CO)C(=O)N2[C@H]3[C@H](OC(C)=O)C(=O)C=C[C@@]3(O)C[C@@]2(SC)C(=O)N1C. The number of esters is 1. The van der Waals surface area contributed by atoms with Crippen molar-refractivity contribution < 1.29 is 34.1 Å². The fraction of sp³-hybridized carbons (Fsp3) is 0.647. The molecule has 11 heteroatoms. The van der Waals surface area contributed by atoms with Gasteiger partial charge >= 0.3 is 5.97 Å². The number of thioether (sulfide) groups is 2. The van der Waals surface area contributed by atoms with E-state index in [0.717, 1.165) is 41.4 Å².